The minimum absolute atomic E-state index is 0.134. The monoisotopic (exact) mass is 771 g/mol. The third-order valence-electron chi connectivity index (χ3n) is 7.64. The lowest BCUT2D eigenvalue weighted by Crippen LogP contribution is -2.20. The van der Waals surface area contributed by atoms with Crippen LogP contribution in [0.1, 0.15) is 5.56 Å². The number of halogens is 2. The van der Waals surface area contributed by atoms with Crippen LogP contribution in [0.15, 0.2) is 118 Å². The number of benzene rings is 3. The van der Waals surface area contributed by atoms with Crippen molar-refractivity contribution in [3.05, 3.63) is 140 Å². The number of ether oxygens (including phenoxy) is 2. The summed E-state index contributed by atoms with van der Waals surface area (Å²) in [5.74, 6) is 1.60. The summed E-state index contributed by atoms with van der Waals surface area (Å²) in [7, 11) is 4.63. The Morgan fingerprint density at radius 3 is 1.79 bits per heavy atom. The van der Waals surface area contributed by atoms with Crippen molar-refractivity contribution < 1.29 is 18.7 Å². The number of rotatable bonds is 11. The molecule has 0 unspecified atom stereocenters. The highest BCUT2D eigenvalue weighted by atomic mass is 35.5. The number of para-hydroxylation sites is 2. The van der Waals surface area contributed by atoms with E-state index in [4.69, 9.17) is 37.0 Å². The molecule has 0 radical (unpaired) electrons. The molecule has 0 fully saturated rings. The molecule has 3 aromatic carbocycles. The number of hydrogen-bond acceptors (Lipinski definition) is 12. The molecule has 53 heavy (non-hydrogen) atoms. The van der Waals surface area contributed by atoms with Crippen molar-refractivity contribution >= 4 is 63.3 Å². The molecule has 0 bridgehead atoms. The van der Waals surface area contributed by atoms with Crippen LogP contribution in [0.3, 0.4) is 0 Å². The molecule has 4 heterocycles. The fourth-order valence-electron chi connectivity index (χ4n) is 5.01. The van der Waals surface area contributed by atoms with Gasteiger partial charge in [0.1, 0.15) is 34.8 Å². The largest absolute Gasteiger partial charge is 0.450 e. The predicted octanol–water partition coefficient (Wildman–Crippen LogP) is 7.79. The average molecular weight is 773 g/mol. The second kappa shape index (κ2) is 17.3. The van der Waals surface area contributed by atoms with Crippen LogP contribution in [-0.4, -0.2) is 42.7 Å². The number of fused-ring (bicyclic) bond motifs is 2. The summed E-state index contributed by atoms with van der Waals surface area (Å²) in [6, 6.07) is 27.3. The van der Waals surface area contributed by atoms with Gasteiger partial charge >= 0.3 is 0 Å². The molecule has 0 atom stereocenters. The molecule has 1 N–H and O–H groups in total. The quantitative estimate of drug-likeness (QED) is 0.0593. The molecule has 0 aliphatic carbocycles. The van der Waals surface area contributed by atoms with Gasteiger partial charge in [-0.05, 0) is 48.4 Å². The lowest BCUT2D eigenvalue weighted by atomic mass is 10.1. The lowest BCUT2D eigenvalue weighted by molar-refractivity contribution is -0.160. The highest BCUT2D eigenvalue weighted by Crippen LogP contribution is 2.30. The highest BCUT2D eigenvalue weighted by Gasteiger charge is 2.14. The Bertz CT molecular complexity index is 2500. The van der Waals surface area contributed by atoms with E-state index in [-0.39, 0.29) is 22.6 Å². The minimum atomic E-state index is -0.343. The van der Waals surface area contributed by atoms with Crippen molar-refractivity contribution in [3.63, 3.8) is 0 Å². The molecule has 7 aromatic rings. The SMILES string of the molecule is COOSc1ncc2cc(Oc3ccccc3Cl)c(=O)n(C)c2n1.Cn1c(=O)c(Oc2ccccc2Cl)cc2cnc(NCCc3ccccc3)nc21. The van der Waals surface area contributed by atoms with E-state index in [1.807, 2.05) is 18.2 Å². The Morgan fingerprint density at radius 1 is 0.698 bits per heavy atom. The van der Waals surface area contributed by atoms with Crippen LogP contribution in [0.25, 0.3) is 22.1 Å². The first-order valence-electron chi connectivity index (χ1n) is 15.9. The number of aromatic nitrogens is 6. The molecule has 0 aliphatic heterocycles. The van der Waals surface area contributed by atoms with Gasteiger partial charge in [-0.2, -0.15) is 9.32 Å². The van der Waals surface area contributed by atoms with Crippen LogP contribution in [0.4, 0.5) is 5.95 Å². The molecule has 0 spiro atoms. The summed E-state index contributed by atoms with van der Waals surface area (Å²) in [4.78, 5) is 47.0. The first kappa shape index (κ1) is 37.3. The summed E-state index contributed by atoms with van der Waals surface area (Å²) in [5.41, 5.74) is 1.56. The van der Waals surface area contributed by atoms with E-state index in [1.54, 1.807) is 87.2 Å². The van der Waals surface area contributed by atoms with Crippen molar-refractivity contribution in [2.75, 3.05) is 19.0 Å². The van der Waals surface area contributed by atoms with E-state index in [0.29, 0.717) is 61.3 Å². The Labute approximate surface area is 317 Å². The van der Waals surface area contributed by atoms with Gasteiger partial charge in [-0.1, -0.05) is 77.8 Å². The Balaban J connectivity index is 0.000000185. The van der Waals surface area contributed by atoms with Gasteiger partial charge in [0.05, 0.1) is 17.2 Å². The zero-order valence-electron chi connectivity index (χ0n) is 28.5. The summed E-state index contributed by atoms with van der Waals surface area (Å²) in [6.07, 6.45) is 4.10. The van der Waals surface area contributed by atoms with Crippen molar-refractivity contribution in [1.29, 1.82) is 0 Å². The fraction of sp³-hybridized carbons (Fsp3) is 0.135. The maximum Gasteiger partial charge on any atom is 0.294 e. The molecule has 7 rings (SSSR count). The van der Waals surface area contributed by atoms with Gasteiger partial charge in [0.25, 0.3) is 11.1 Å². The van der Waals surface area contributed by atoms with E-state index in [2.05, 4.69) is 42.3 Å². The van der Waals surface area contributed by atoms with Crippen molar-refractivity contribution in [3.8, 4) is 23.0 Å². The molecule has 0 aliphatic rings. The zero-order valence-corrected chi connectivity index (χ0v) is 30.9. The van der Waals surface area contributed by atoms with Crippen LogP contribution < -0.4 is 25.9 Å². The fourth-order valence-corrected chi connectivity index (χ4v) is 5.71. The van der Waals surface area contributed by atoms with Gasteiger partial charge in [0.2, 0.25) is 11.1 Å². The van der Waals surface area contributed by atoms with E-state index >= 15 is 0 Å². The van der Waals surface area contributed by atoms with E-state index in [9.17, 15) is 9.59 Å². The van der Waals surface area contributed by atoms with Crippen molar-refractivity contribution in [1.82, 2.24) is 29.1 Å². The van der Waals surface area contributed by atoms with Crippen LogP contribution in [0.2, 0.25) is 10.0 Å². The Morgan fingerprint density at radius 2 is 1.23 bits per heavy atom. The summed E-state index contributed by atoms with van der Waals surface area (Å²) in [6.45, 7) is 0.692. The first-order chi connectivity index (χ1) is 25.7. The number of hydrogen-bond donors (Lipinski definition) is 1. The molecule has 16 heteroatoms. The molecule has 0 saturated heterocycles. The van der Waals surface area contributed by atoms with Crippen LogP contribution >= 0.6 is 35.2 Å². The van der Waals surface area contributed by atoms with Gasteiger partial charge in [-0.3, -0.25) is 18.7 Å². The molecular weight excluding hydrogens is 741 g/mol. The maximum absolute atomic E-state index is 12.7. The Hall–Kier alpha value is -5.51. The van der Waals surface area contributed by atoms with Crippen LogP contribution in [0, 0.1) is 0 Å². The third kappa shape index (κ3) is 9.11. The third-order valence-corrected chi connectivity index (χ3v) is 8.81. The van der Waals surface area contributed by atoms with Gasteiger partial charge < -0.3 is 14.8 Å². The van der Waals surface area contributed by atoms with E-state index in [0.717, 1.165) is 18.5 Å². The molecule has 0 saturated carbocycles. The predicted molar refractivity (Wildman–Crippen MR) is 205 cm³/mol. The second-order valence-corrected chi connectivity index (χ2v) is 12.7. The summed E-state index contributed by atoms with van der Waals surface area (Å²) < 4.78 is 18.9. The molecule has 4 aromatic heterocycles. The second-order valence-electron chi connectivity index (χ2n) is 11.2. The van der Waals surface area contributed by atoms with Crippen molar-refractivity contribution in [2.45, 2.75) is 11.6 Å². The summed E-state index contributed by atoms with van der Waals surface area (Å²) >= 11 is 13.0. The van der Waals surface area contributed by atoms with Gasteiger partial charge in [-0.15, -0.1) is 0 Å². The van der Waals surface area contributed by atoms with Gasteiger partial charge in [0, 0.05) is 43.8 Å². The topological polar surface area (TPSA) is 145 Å². The number of nitrogens with zero attached hydrogens (tertiary/aromatic N) is 6. The van der Waals surface area contributed by atoms with Gasteiger partial charge in [-0.25, -0.2) is 19.8 Å². The van der Waals surface area contributed by atoms with E-state index in [1.165, 1.54) is 21.8 Å². The molecule has 0 amide bonds. The smallest absolute Gasteiger partial charge is 0.294 e. The average Bonchev–Trinajstić information content (AvgIpc) is 3.17. The number of nitrogens with one attached hydrogen (secondary N) is 1. The lowest BCUT2D eigenvalue weighted by Gasteiger charge is -2.11. The first-order valence-corrected chi connectivity index (χ1v) is 17.4. The molecule has 13 nitrogen and oxygen atoms in total. The summed E-state index contributed by atoms with van der Waals surface area (Å²) in [5, 5.41) is 5.71. The van der Waals surface area contributed by atoms with E-state index < -0.39 is 0 Å². The number of aryl methyl sites for hydroxylation is 2. The van der Waals surface area contributed by atoms with Crippen molar-refractivity contribution in [2.24, 2.45) is 14.1 Å². The van der Waals surface area contributed by atoms with Gasteiger partial charge in [0.15, 0.2) is 11.5 Å². The normalized spacial score (nSPS) is 10.9. The Kier molecular flexibility index (Phi) is 12.2. The number of pyridine rings is 2. The minimum Gasteiger partial charge on any atom is -0.450 e. The molecular formula is C37H31Cl2N7O6S. The standard InChI is InChI=1S/C22H19ClN4O2.C15H12ClN3O4S/c1-27-20-16(13-19(21(27)28)29-18-10-6-5-9-17(18)23)14-25-22(26-20)24-12-11-15-7-3-2-4-8-15;1-19-13-9(8-17-15(18-13)24-23-21-2)7-12(14(19)20)22-11-6-4-3-5-10(11)16/h2-10,13-14H,11-12H2,1H3,(H,24,25,26);3-8H,1-2H3. The zero-order chi connectivity index (χ0) is 37.3. The number of anilines is 1. The van der Waals surface area contributed by atoms with Crippen LogP contribution in [0.5, 0.6) is 23.0 Å². The van der Waals surface area contributed by atoms with Crippen LogP contribution in [-0.2, 0) is 29.7 Å². The maximum atomic E-state index is 12.7. The highest BCUT2D eigenvalue weighted by molar-refractivity contribution is 7.94. The molecule has 270 valence electrons.